The Morgan fingerprint density at radius 2 is 2.16 bits per heavy atom. The summed E-state index contributed by atoms with van der Waals surface area (Å²) in [5.74, 6) is -0.908. The first-order chi connectivity index (χ1) is 12.1. The number of aliphatic hydroxyl groups excluding tert-OH is 1. The molecule has 0 radical (unpaired) electrons. The highest BCUT2D eigenvalue weighted by Crippen LogP contribution is 2.23. The van der Waals surface area contributed by atoms with E-state index in [1.165, 1.54) is 12.7 Å². The summed E-state index contributed by atoms with van der Waals surface area (Å²) in [6, 6.07) is 8.07. The minimum absolute atomic E-state index is 0.173. The number of ether oxygens (including phenoxy) is 1. The molecule has 2 heterocycles. The number of esters is 1. The first kappa shape index (κ1) is 17.1. The van der Waals surface area contributed by atoms with Crippen molar-refractivity contribution in [2.24, 2.45) is 0 Å². The highest BCUT2D eigenvalue weighted by Gasteiger charge is 2.27. The summed E-state index contributed by atoms with van der Waals surface area (Å²) in [6.07, 6.45) is 3.73. The third kappa shape index (κ3) is 3.68. The molecule has 0 saturated carbocycles. The third-order valence-electron chi connectivity index (χ3n) is 4.61. The third-order valence-corrected chi connectivity index (χ3v) is 4.61. The molecule has 2 N–H and O–H groups in total. The average molecular weight is 342 g/mol. The van der Waals surface area contributed by atoms with Crippen LogP contribution in [-0.2, 0) is 20.7 Å². The van der Waals surface area contributed by atoms with Crippen LogP contribution < -0.4 is 0 Å². The van der Waals surface area contributed by atoms with Gasteiger partial charge in [0.15, 0.2) is 0 Å². The number of carbonyl (C=O) groups excluding carboxylic acids is 2. The van der Waals surface area contributed by atoms with E-state index in [4.69, 9.17) is 0 Å². The number of hydrogen-bond donors (Lipinski definition) is 2. The van der Waals surface area contributed by atoms with Crippen LogP contribution in [0.25, 0.3) is 10.9 Å². The van der Waals surface area contributed by atoms with Crippen LogP contribution >= 0.6 is 0 Å². The first-order valence-corrected chi connectivity index (χ1v) is 8.42. The van der Waals surface area contributed by atoms with E-state index in [0.29, 0.717) is 25.1 Å². The van der Waals surface area contributed by atoms with Gasteiger partial charge in [-0.25, -0.2) is 0 Å². The van der Waals surface area contributed by atoms with Gasteiger partial charge in [-0.05, 0) is 30.9 Å². The molecule has 132 valence electrons. The molecule has 1 fully saturated rings. The minimum Gasteiger partial charge on any atom is -0.511 e. The monoisotopic (exact) mass is 342 g/mol. The molecule has 2 aromatic rings. The van der Waals surface area contributed by atoms with Gasteiger partial charge in [0.1, 0.15) is 12.2 Å². The molecule has 1 aromatic heterocycles. The zero-order chi connectivity index (χ0) is 17.8. The number of nitrogens with zero attached hydrogens (tertiary/aromatic N) is 1. The van der Waals surface area contributed by atoms with Crippen LogP contribution in [0.2, 0.25) is 0 Å². The van der Waals surface area contributed by atoms with Crippen molar-refractivity contribution in [3.05, 3.63) is 47.4 Å². The summed E-state index contributed by atoms with van der Waals surface area (Å²) < 4.78 is 4.55. The van der Waals surface area contributed by atoms with Crippen molar-refractivity contribution in [2.45, 2.75) is 25.7 Å². The summed E-state index contributed by atoms with van der Waals surface area (Å²) in [7, 11) is 1.26. The Bertz CT molecular complexity index is 822. The number of aliphatic hydroxyl groups is 1. The summed E-state index contributed by atoms with van der Waals surface area (Å²) >= 11 is 0. The second-order valence-electron chi connectivity index (χ2n) is 6.18. The molecule has 0 bridgehead atoms. The van der Waals surface area contributed by atoms with Crippen molar-refractivity contribution >= 4 is 22.8 Å². The summed E-state index contributed by atoms with van der Waals surface area (Å²) in [5, 5.41) is 11.2. The molecule has 25 heavy (non-hydrogen) atoms. The molecule has 0 aliphatic carbocycles. The Kier molecular flexibility index (Phi) is 5.07. The molecule has 0 unspecified atom stereocenters. The van der Waals surface area contributed by atoms with Crippen LogP contribution in [0.5, 0.6) is 0 Å². The smallest absolute Gasteiger partial charge is 0.313 e. The van der Waals surface area contributed by atoms with Gasteiger partial charge in [0.2, 0.25) is 0 Å². The van der Waals surface area contributed by atoms with E-state index in [-0.39, 0.29) is 18.1 Å². The lowest BCUT2D eigenvalue weighted by atomic mass is 10.0. The fraction of sp³-hybridized carbons (Fsp3) is 0.368. The van der Waals surface area contributed by atoms with Crippen molar-refractivity contribution in [2.75, 3.05) is 20.2 Å². The van der Waals surface area contributed by atoms with Crippen LogP contribution in [0.1, 0.15) is 24.8 Å². The fourth-order valence-corrected chi connectivity index (χ4v) is 3.24. The van der Waals surface area contributed by atoms with Crippen molar-refractivity contribution in [1.82, 2.24) is 9.88 Å². The van der Waals surface area contributed by atoms with E-state index in [1.807, 2.05) is 24.4 Å². The zero-order valence-electron chi connectivity index (χ0n) is 14.2. The molecule has 3 rings (SSSR count). The number of aromatic nitrogens is 1. The van der Waals surface area contributed by atoms with Crippen molar-refractivity contribution in [1.29, 1.82) is 0 Å². The van der Waals surface area contributed by atoms with Gasteiger partial charge < -0.3 is 19.7 Å². The Morgan fingerprint density at radius 1 is 1.36 bits per heavy atom. The van der Waals surface area contributed by atoms with E-state index >= 15 is 0 Å². The molecule has 1 saturated heterocycles. The Hall–Kier alpha value is -2.76. The highest BCUT2D eigenvalue weighted by atomic mass is 16.5. The van der Waals surface area contributed by atoms with Gasteiger partial charge in [-0.2, -0.15) is 0 Å². The number of fused-ring (bicyclic) bond motifs is 1. The van der Waals surface area contributed by atoms with E-state index in [9.17, 15) is 14.7 Å². The lowest BCUT2D eigenvalue weighted by molar-refractivity contribution is -0.140. The number of carbonyl (C=O) groups is 2. The van der Waals surface area contributed by atoms with Gasteiger partial charge in [-0.1, -0.05) is 18.2 Å². The number of piperidine rings is 1. The number of likely N-dealkylation sites (tertiary alicyclic amines) is 1. The van der Waals surface area contributed by atoms with Gasteiger partial charge in [0, 0.05) is 30.2 Å². The number of hydrogen-bond acceptors (Lipinski definition) is 4. The quantitative estimate of drug-likeness (QED) is 0.497. The number of aromatic amines is 1. The maximum absolute atomic E-state index is 12.6. The normalized spacial score (nSPS) is 17.0. The van der Waals surface area contributed by atoms with Crippen LogP contribution in [0.15, 0.2) is 41.8 Å². The van der Waals surface area contributed by atoms with Gasteiger partial charge in [-0.3, -0.25) is 9.59 Å². The van der Waals surface area contributed by atoms with Crippen LogP contribution in [0.3, 0.4) is 0 Å². The topological polar surface area (TPSA) is 82.6 Å². The minimum atomic E-state index is -0.547. The number of amides is 1. The Labute approximate surface area is 146 Å². The fourth-order valence-electron chi connectivity index (χ4n) is 3.24. The second-order valence-corrected chi connectivity index (χ2v) is 6.18. The van der Waals surface area contributed by atoms with Crippen LogP contribution in [0, 0.1) is 0 Å². The maximum Gasteiger partial charge on any atom is 0.313 e. The van der Waals surface area contributed by atoms with Gasteiger partial charge in [0.05, 0.1) is 12.7 Å². The summed E-state index contributed by atoms with van der Waals surface area (Å²) in [4.78, 5) is 28.9. The van der Waals surface area contributed by atoms with Crippen molar-refractivity contribution in [3.8, 4) is 0 Å². The standard InChI is InChI=1S/C19H22N2O4/c1-25-18(23)11-17(22)15-6-4-9-21(19(15)24)10-8-13-12-20-16-7-3-2-5-14(13)16/h2-3,5,7,12,20,22H,4,6,8-11H2,1H3/b17-15-. The number of benzene rings is 1. The molecule has 1 aliphatic rings. The Balaban J connectivity index is 1.69. The first-order valence-electron chi connectivity index (χ1n) is 8.42. The van der Waals surface area contributed by atoms with E-state index in [2.05, 4.69) is 15.8 Å². The molecule has 1 aliphatic heterocycles. The average Bonchev–Trinajstić information content (AvgIpc) is 3.04. The summed E-state index contributed by atoms with van der Waals surface area (Å²) in [6.45, 7) is 1.24. The molecule has 0 spiro atoms. The highest BCUT2D eigenvalue weighted by molar-refractivity contribution is 5.95. The molecule has 1 amide bonds. The number of methoxy groups -OCH3 is 1. The molecule has 0 atom stereocenters. The van der Waals surface area contributed by atoms with Gasteiger partial charge >= 0.3 is 5.97 Å². The van der Waals surface area contributed by atoms with E-state index in [0.717, 1.165) is 23.7 Å². The number of rotatable bonds is 5. The van der Waals surface area contributed by atoms with Crippen molar-refractivity contribution < 1.29 is 19.4 Å². The maximum atomic E-state index is 12.6. The van der Waals surface area contributed by atoms with Crippen LogP contribution in [-0.4, -0.2) is 47.1 Å². The largest absolute Gasteiger partial charge is 0.511 e. The SMILES string of the molecule is COC(=O)C/C(O)=C1\CCCN(CCc2c[nH]c3ccccc23)C1=O. The number of para-hydroxylation sites is 1. The lowest BCUT2D eigenvalue weighted by Crippen LogP contribution is -2.39. The zero-order valence-corrected chi connectivity index (χ0v) is 14.2. The van der Waals surface area contributed by atoms with Crippen LogP contribution in [0.4, 0.5) is 0 Å². The van der Waals surface area contributed by atoms with Gasteiger partial charge in [0.25, 0.3) is 5.91 Å². The molecule has 1 aromatic carbocycles. The lowest BCUT2D eigenvalue weighted by Gasteiger charge is -2.29. The molecule has 6 nitrogen and oxygen atoms in total. The number of H-pyrrole nitrogens is 1. The molecule has 6 heteroatoms. The van der Waals surface area contributed by atoms with E-state index < -0.39 is 5.97 Å². The predicted octanol–water partition coefficient (Wildman–Crippen LogP) is 2.71. The van der Waals surface area contributed by atoms with Crippen molar-refractivity contribution in [3.63, 3.8) is 0 Å². The second kappa shape index (κ2) is 7.42. The molecular formula is C19H22N2O4. The summed E-state index contributed by atoms with van der Waals surface area (Å²) in [5.41, 5.74) is 2.58. The molecular weight excluding hydrogens is 320 g/mol. The van der Waals surface area contributed by atoms with E-state index in [1.54, 1.807) is 4.90 Å². The number of nitrogens with one attached hydrogen (secondary N) is 1. The predicted molar refractivity (Wildman–Crippen MR) is 94.1 cm³/mol. The Morgan fingerprint density at radius 3 is 2.96 bits per heavy atom. The van der Waals surface area contributed by atoms with Gasteiger partial charge in [-0.15, -0.1) is 0 Å².